The molecule has 0 saturated carbocycles. The molecule has 0 saturated heterocycles. The van der Waals surface area contributed by atoms with Crippen LogP contribution in [0.1, 0.15) is 40.1 Å². The van der Waals surface area contributed by atoms with Crippen molar-refractivity contribution < 1.29 is 26.4 Å². The second kappa shape index (κ2) is 12.3. The van der Waals surface area contributed by atoms with Crippen molar-refractivity contribution in [2.24, 2.45) is 5.14 Å². The number of amides is 1. The topological polar surface area (TPSA) is 171 Å². The molecule has 0 aliphatic carbocycles. The third kappa shape index (κ3) is 6.74. The van der Waals surface area contributed by atoms with Crippen molar-refractivity contribution in [3.8, 4) is 17.5 Å². The fourth-order valence-electron chi connectivity index (χ4n) is 5.13. The number of carbonyl (C=O) groups is 1. The number of hydrogen-bond acceptors (Lipinski definition) is 7. The van der Waals surface area contributed by atoms with Crippen molar-refractivity contribution in [2.75, 3.05) is 4.72 Å². The molecule has 0 bridgehead atoms. The molecule has 0 unspecified atom stereocenters. The molecule has 2 aromatic carbocycles. The minimum Gasteiger partial charge on any atom is -0.344 e. The van der Waals surface area contributed by atoms with E-state index in [4.69, 9.17) is 5.14 Å². The SMILES string of the molecule is C[C@H](NC(=O)c1c(NS(N)(=O)=O)nn2cccnc12)c1cc2cccc(C#Cc3cnn(CC(F)(F)F)c3)c2c(=O)n1-c1ccccc1. The first-order chi connectivity index (χ1) is 22.8. The molecule has 4 heterocycles. The number of anilines is 1. The van der Waals surface area contributed by atoms with Crippen LogP contribution < -0.4 is 20.7 Å². The zero-order valence-electron chi connectivity index (χ0n) is 24.8. The third-order valence-electron chi connectivity index (χ3n) is 7.06. The van der Waals surface area contributed by atoms with Crippen LogP contribution in [0, 0.1) is 11.8 Å². The number of hydrogen-bond donors (Lipinski definition) is 3. The molecular weight excluding hydrogens is 651 g/mol. The standard InChI is InChI=1S/C31H24F3N9O4S/c1-19(38-29(44)26-27(40-48(35,46)47)39-42-14-6-13-36-28(26)42)24-15-22-8-5-7-21(12-11-20-16-37-41(17-20)18-31(32,33)34)25(22)30(45)43(24)23-9-3-2-4-10-23/h2-10,13-17,19H,18H2,1H3,(H,38,44)(H,39,40)(H2,35,46,47)/t19-/m0/s1. The van der Waals surface area contributed by atoms with Crippen LogP contribution in [0.25, 0.3) is 22.1 Å². The Morgan fingerprint density at radius 2 is 1.85 bits per heavy atom. The molecule has 4 aromatic heterocycles. The summed E-state index contributed by atoms with van der Waals surface area (Å²) in [4.78, 5) is 32.1. The summed E-state index contributed by atoms with van der Waals surface area (Å²) >= 11 is 0. The van der Waals surface area contributed by atoms with Gasteiger partial charge in [0.05, 0.1) is 23.2 Å². The number of halogens is 3. The fraction of sp³-hybridized carbons (Fsp3) is 0.129. The summed E-state index contributed by atoms with van der Waals surface area (Å²) in [5.74, 6) is 4.58. The Balaban J connectivity index is 1.43. The van der Waals surface area contributed by atoms with Gasteiger partial charge in [0, 0.05) is 35.5 Å². The highest BCUT2D eigenvalue weighted by Gasteiger charge is 2.28. The molecule has 17 heteroatoms. The third-order valence-corrected chi connectivity index (χ3v) is 7.54. The predicted octanol–water partition coefficient (Wildman–Crippen LogP) is 3.30. The number of nitrogens with one attached hydrogen (secondary N) is 2. The van der Waals surface area contributed by atoms with Crippen LogP contribution in [0.4, 0.5) is 19.0 Å². The van der Waals surface area contributed by atoms with Crippen molar-refractivity contribution in [3.63, 3.8) is 0 Å². The summed E-state index contributed by atoms with van der Waals surface area (Å²) in [7, 11) is -4.31. The van der Waals surface area contributed by atoms with E-state index in [0.717, 1.165) is 4.68 Å². The zero-order chi connectivity index (χ0) is 34.2. The molecule has 244 valence electrons. The highest BCUT2D eigenvalue weighted by Crippen LogP contribution is 2.25. The van der Waals surface area contributed by atoms with E-state index >= 15 is 0 Å². The summed E-state index contributed by atoms with van der Waals surface area (Å²) in [6.07, 6.45) is 0.806. The number of fused-ring (bicyclic) bond motifs is 2. The highest BCUT2D eigenvalue weighted by atomic mass is 32.2. The van der Waals surface area contributed by atoms with Gasteiger partial charge in [-0.3, -0.25) is 23.6 Å². The molecule has 0 spiro atoms. The Kier molecular flexibility index (Phi) is 8.20. The molecule has 0 aliphatic heterocycles. The maximum absolute atomic E-state index is 14.3. The first kappa shape index (κ1) is 32.0. The van der Waals surface area contributed by atoms with Crippen molar-refractivity contribution >= 4 is 38.4 Å². The Labute approximate surface area is 270 Å². The second-order valence-electron chi connectivity index (χ2n) is 10.6. The van der Waals surface area contributed by atoms with E-state index in [9.17, 15) is 31.2 Å². The summed E-state index contributed by atoms with van der Waals surface area (Å²) in [5, 5.41) is 16.5. The lowest BCUT2D eigenvalue weighted by Gasteiger charge is -2.21. The minimum atomic E-state index is -4.45. The van der Waals surface area contributed by atoms with Gasteiger partial charge in [0.2, 0.25) is 0 Å². The molecule has 13 nitrogen and oxygen atoms in total. The van der Waals surface area contributed by atoms with Crippen LogP contribution in [0.15, 0.2) is 90.2 Å². The number of para-hydroxylation sites is 1. The summed E-state index contributed by atoms with van der Waals surface area (Å²) in [6.45, 7) is 0.381. The first-order valence-electron chi connectivity index (χ1n) is 14.1. The lowest BCUT2D eigenvalue weighted by Crippen LogP contribution is -2.33. The fourth-order valence-corrected chi connectivity index (χ4v) is 5.54. The Bertz CT molecular complexity index is 2430. The molecule has 4 N–H and O–H groups in total. The zero-order valence-corrected chi connectivity index (χ0v) is 25.6. The van der Waals surface area contributed by atoms with Gasteiger partial charge < -0.3 is 5.32 Å². The summed E-state index contributed by atoms with van der Waals surface area (Å²) in [6, 6.07) is 16.1. The quantitative estimate of drug-likeness (QED) is 0.218. The van der Waals surface area contributed by atoms with Crippen molar-refractivity contribution in [1.29, 1.82) is 0 Å². The van der Waals surface area contributed by atoms with Crippen LogP contribution in [0.2, 0.25) is 0 Å². The van der Waals surface area contributed by atoms with Gasteiger partial charge in [-0.2, -0.15) is 26.7 Å². The minimum absolute atomic E-state index is 0.0551. The summed E-state index contributed by atoms with van der Waals surface area (Å²) in [5.41, 5.74) is 0.793. The lowest BCUT2D eigenvalue weighted by molar-refractivity contribution is -0.142. The normalized spacial score (nSPS) is 12.4. The number of aromatic nitrogens is 6. The second-order valence-corrected chi connectivity index (χ2v) is 11.9. The Hall–Kier alpha value is -5.99. The van der Waals surface area contributed by atoms with Crippen LogP contribution in [-0.4, -0.2) is 49.4 Å². The predicted molar refractivity (Wildman–Crippen MR) is 169 cm³/mol. The van der Waals surface area contributed by atoms with Crippen molar-refractivity contribution in [1.82, 2.24) is 34.3 Å². The number of rotatable bonds is 7. The van der Waals surface area contributed by atoms with Gasteiger partial charge in [-0.1, -0.05) is 42.2 Å². The van der Waals surface area contributed by atoms with Crippen LogP contribution in [0.3, 0.4) is 0 Å². The molecule has 6 aromatic rings. The van der Waals surface area contributed by atoms with Crippen LogP contribution >= 0.6 is 0 Å². The van der Waals surface area contributed by atoms with Gasteiger partial charge in [-0.25, -0.2) is 14.6 Å². The van der Waals surface area contributed by atoms with E-state index in [0.29, 0.717) is 22.3 Å². The molecule has 0 aliphatic rings. The van der Waals surface area contributed by atoms with E-state index in [1.807, 2.05) is 4.72 Å². The molecular formula is C31H24F3N9O4S. The highest BCUT2D eigenvalue weighted by molar-refractivity contribution is 7.90. The van der Waals surface area contributed by atoms with Crippen LogP contribution in [0.5, 0.6) is 0 Å². The first-order valence-corrected chi connectivity index (χ1v) is 15.6. The lowest BCUT2D eigenvalue weighted by atomic mass is 10.0. The van der Waals surface area contributed by atoms with E-state index < -0.39 is 40.4 Å². The maximum Gasteiger partial charge on any atom is 0.408 e. The van der Waals surface area contributed by atoms with Gasteiger partial charge in [0.25, 0.3) is 21.7 Å². The largest absolute Gasteiger partial charge is 0.408 e. The average molecular weight is 676 g/mol. The van der Waals surface area contributed by atoms with Gasteiger partial charge >= 0.3 is 6.18 Å². The Morgan fingerprint density at radius 3 is 2.58 bits per heavy atom. The number of nitrogens with zero attached hydrogens (tertiary/aromatic N) is 6. The maximum atomic E-state index is 14.3. The number of alkyl halides is 3. The summed E-state index contributed by atoms with van der Waals surface area (Å²) < 4.78 is 67.4. The van der Waals surface area contributed by atoms with Crippen molar-refractivity contribution in [2.45, 2.75) is 25.7 Å². The average Bonchev–Trinajstić information content (AvgIpc) is 3.61. The van der Waals surface area contributed by atoms with E-state index in [1.165, 1.54) is 39.9 Å². The monoisotopic (exact) mass is 675 g/mol. The van der Waals surface area contributed by atoms with E-state index in [1.54, 1.807) is 61.5 Å². The van der Waals surface area contributed by atoms with Crippen molar-refractivity contribution in [3.05, 3.63) is 118 Å². The molecule has 0 fully saturated rings. The number of benzene rings is 2. The van der Waals surface area contributed by atoms with Gasteiger partial charge in [-0.05, 0) is 42.6 Å². The molecule has 1 amide bonds. The van der Waals surface area contributed by atoms with Gasteiger partial charge in [0.1, 0.15) is 12.1 Å². The molecule has 6 rings (SSSR count). The molecule has 48 heavy (non-hydrogen) atoms. The Morgan fingerprint density at radius 1 is 1.08 bits per heavy atom. The molecule has 0 radical (unpaired) electrons. The molecule has 1 atom stereocenters. The van der Waals surface area contributed by atoms with Crippen LogP contribution in [-0.2, 0) is 16.8 Å². The van der Waals surface area contributed by atoms with E-state index in [2.05, 4.69) is 32.3 Å². The number of nitrogens with two attached hydrogens (primary N) is 1. The number of pyridine rings is 1. The van der Waals surface area contributed by atoms with Gasteiger partial charge in [-0.15, -0.1) is 5.10 Å². The van der Waals surface area contributed by atoms with Gasteiger partial charge in [0.15, 0.2) is 11.5 Å². The van der Waals surface area contributed by atoms with E-state index in [-0.39, 0.29) is 28.0 Å². The smallest absolute Gasteiger partial charge is 0.344 e. The number of carbonyl (C=O) groups excluding carboxylic acids is 1.